The summed E-state index contributed by atoms with van der Waals surface area (Å²) in [6, 6.07) is 13.1. The van der Waals surface area contributed by atoms with Crippen LogP contribution in [0.25, 0.3) is 33.7 Å². The smallest absolute Gasteiger partial charge is 0.355 e. The first-order chi connectivity index (χ1) is 17.4. The molecule has 184 valence electrons. The average Bonchev–Trinajstić information content (AvgIpc) is 3.58. The van der Waals surface area contributed by atoms with E-state index in [0.717, 1.165) is 26.5 Å². The van der Waals surface area contributed by atoms with E-state index in [1.807, 2.05) is 49.4 Å². The van der Waals surface area contributed by atoms with Gasteiger partial charge in [-0.1, -0.05) is 55.3 Å². The van der Waals surface area contributed by atoms with Crippen LogP contribution >= 0.6 is 27.5 Å². The zero-order chi connectivity index (χ0) is 25.4. The normalized spacial score (nSPS) is 12.3. The van der Waals surface area contributed by atoms with E-state index in [9.17, 15) is 15.0 Å². The van der Waals surface area contributed by atoms with Gasteiger partial charge >= 0.3 is 5.97 Å². The number of carboxylic acids is 1. The van der Waals surface area contributed by atoms with Gasteiger partial charge in [0.1, 0.15) is 23.3 Å². The Bertz CT molecular complexity index is 1560. The van der Waals surface area contributed by atoms with Gasteiger partial charge in [-0.25, -0.2) is 9.78 Å². The van der Waals surface area contributed by atoms with Crippen molar-refractivity contribution in [3.63, 3.8) is 0 Å². The molecule has 0 saturated carbocycles. The van der Waals surface area contributed by atoms with E-state index >= 15 is 0 Å². The van der Waals surface area contributed by atoms with Gasteiger partial charge in [-0.2, -0.15) is 5.21 Å². The number of H-pyrrole nitrogens is 1. The van der Waals surface area contributed by atoms with Crippen LogP contribution in [0.4, 0.5) is 0 Å². The summed E-state index contributed by atoms with van der Waals surface area (Å²) in [6.07, 6.45) is 0.205. The number of imidazole rings is 1. The highest BCUT2D eigenvalue weighted by molar-refractivity contribution is 9.10. The molecule has 3 aromatic heterocycles. The quantitative estimate of drug-likeness (QED) is 0.222. The first kappa shape index (κ1) is 24.2. The highest BCUT2D eigenvalue weighted by Gasteiger charge is 2.26. The van der Waals surface area contributed by atoms with Crippen LogP contribution in [0.5, 0.6) is 0 Å². The molecule has 0 aliphatic rings. The molecular weight excluding hydrogens is 552 g/mol. The van der Waals surface area contributed by atoms with Crippen molar-refractivity contribution >= 4 is 44.5 Å². The lowest BCUT2D eigenvalue weighted by Gasteiger charge is -2.14. The van der Waals surface area contributed by atoms with Crippen molar-refractivity contribution in [2.75, 3.05) is 0 Å². The van der Waals surface area contributed by atoms with Gasteiger partial charge in [0.05, 0.1) is 4.47 Å². The van der Waals surface area contributed by atoms with Gasteiger partial charge in [0, 0.05) is 23.1 Å². The monoisotopic (exact) mass is 570 g/mol. The Balaban J connectivity index is 1.58. The minimum Gasteiger partial charge on any atom is -0.476 e. The molecule has 2 aromatic carbocycles. The number of rotatable bonds is 8. The van der Waals surface area contributed by atoms with E-state index in [0.29, 0.717) is 30.0 Å². The maximum atomic E-state index is 11.9. The van der Waals surface area contributed by atoms with E-state index in [2.05, 4.69) is 41.5 Å². The van der Waals surface area contributed by atoms with E-state index in [-0.39, 0.29) is 23.2 Å². The molecule has 1 atom stereocenters. The van der Waals surface area contributed by atoms with Gasteiger partial charge in [0.2, 0.25) is 5.82 Å². The fraction of sp³-hybridized carbons (Fsp3) is 0.208. The third kappa shape index (κ3) is 4.29. The number of furan rings is 1. The minimum absolute atomic E-state index is 0.153. The van der Waals surface area contributed by atoms with E-state index in [4.69, 9.17) is 16.0 Å². The second-order valence-corrected chi connectivity index (χ2v) is 9.31. The molecule has 0 fully saturated rings. The van der Waals surface area contributed by atoms with Crippen LogP contribution < -0.4 is 0 Å². The van der Waals surface area contributed by atoms with Crippen molar-refractivity contribution in [1.29, 1.82) is 0 Å². The molecule has 3 N–H and O–H groups in total. The van der Waals surface area contributed by atoms with Crippen LogP contribution in [0.1, 0.15) is 47.7 Å². The summed E-state index contributed by atoms with van der Waals surface area (Å²) in [5.74, 6) is 0.0437. The Morgan fingerprint density at radius 1 is 1.25 bits per heavy atom. The number of carboxylic acid groups (broad SMARTS) is 1. The van der Waals surface area contributed by atoms with Crippen LogP contribution in [0, 0.1) is 0 Å². The number of hydrogen-bond donors (Lipinski definition) is 3. The minimum atomic E-state index is -1.21. The Labute approximate surface area is 218 Å². The highest BCUT2D eigenvalue weighted by Crippen LogP contribution is 2.41. The van der Waals surface area contributed by atoms with Crippen molar-refractivity contribution in [2.45, 2.75) is 32.4 Å². The zero-order valence-corrected chi connectivity index (χ0v) is 21.3. The molecule has 12 heteroatoms. The molecule has 5 rings (SSSR count). The molecule has 0 spiro atoms. The zero-order valence-electron chi connectivity index (χ0n) is 18.9. The molecule has 3 heterocycles. The summed E-state index contributed by atoms with van der Waals surface area (Å²) in [6.45, 7) is 2.08. The number of aromatic nitrogens is 6. The Morgan fingerprint density at radius 3 is 2.72 bits per heavy atom. The number of nitrogens with zero attached hydrogens (tertiary/aromatic N) is 5. The van der Waals surface area contributed by atoms with Crippen LogP contribution in [-0.4, -0.2) is 46.4 Å². The fourth-order valence-electron chi connectivity index (χ4n) is 4.18. The van der Waals surface area contributed by atoms with Crippen LogP contribution in [-0.2, 0) is 6.54 Å². The molecule has 10 nitrogen and oxygen atoms in total. The number of aromatic carboxylic acids is 1. The molecule has 1 unspecified atom stereocenters. The van der Waals surface area contributed by atoms with Crippen LogP contribution in [0.2, 0.25) is 5.15 Å². The number of nitrogens with one attached hydrogen (secondary N) is 1. The van der Waals surface area contributed by atoms with Gasteiger partial charge in [-0.15, -0.1) is 10.2 Å². The highest BCUT2D eigenvalue weighted by atomic mass is 79.9. The molecule has 5 aromatic rings. The lowest BCUT2D eigenvalue weighted by molar-refractivity contribution is 0.0684. The molecule has 0 aliphatic heterocycles. The topological polar surface area (TPSA) is 143 Å². The van der Waals surface area contributed by atoms with Gasteiger partial charge in [-0.3, -0.25) is 0 Å². The first-order valence-corrected chi connectivity index (χ1v) is 12.3. The maximum Gasteiger partial charge on any atom is 0.355 e. The number of benzene rings is 2. The molecule has 0 amide bonds. The number of tetrazole rings is 1. The van der Waals surface area contributed by atoms with Gasteiger partial charge < -0.3 is 19.2 Å². The fourth-order valence-corrected chi connectivity index (χ4v) is 5.06. The number of fused-ring (bicyclic) bond motifs is 1. The summed E-state index contributed by atoms with van der Waals surface area (Å²) in [7, 11) is 0. The second kappa shape index (κ2) is 9.84. The third-order valence-electron chi connectivity index (χ3n) is 5.81. The van der Waals surface area contributed by atoms with Crippen molar-refractivity contribution < 1.29 is 19.4 Å². The number of halogens is 2. The standard InChI is InChI=1S/C24H20BrClN6O4/c1-2-5-16(33)23-27-21(26)19(24(34)35)32(23)11-12-8-9-17-15(10-12)18(25)20(36-17)13-6-3-4-7-14(13)22-28-30-31-29-22/h3-4,6-10,16,33H,2,5,11H2,1H3,(H,34,35)(H,28,29,30,31). The second-order valence-electron chi connectivity index (χ2n) is 8.16. The predicted molar refractivity (Wildman–Crippen MR) is 136 cm³/mol. The predicted octanol–water partition coefficient (Wildman–Crippen LogP) is 5.47. The largest absolute Gasteiger partial charge is 0.476 e. The van der Waals surface area contributed by atoms with Crippen molar-refractivity contribution in [2.24, 2.45) is 0 Å². The average molecular weight is 572 g/mol. The SMILES string of the molecule is CCCC(O)c1nc(Cl)c(C(=O)O)n1Cc1ccc2oc(-c3ccccc3-c3nn[nH]n3)c(Br)c2c1. The number of carbonyl (C=O) groups is 1. The molecule has 0 radical (unpaired) electrons. The van der Waals surface area contributed by atoms with Gasteiger partial charge in [0.15, 0.2) is 10.8 Å². The van der Waals surface area contributed by atoms with Crippen LogP contribution in [0.15, 0.2) is 51.4 Å². The number of aliphatic hydroxyl groups is 1. The van der Waals surface area contributed by atoms with Crippen molar-refractivity contribution in [3.8, 4) is 22.7 Å². The number of aromatic amines is 1. The Kier molecular flexibility index (Phi) is 6.61. The molecule has 0 saturated heterocycles. The third-order valence-corrected chi connectivity index (χ3v) is 6.86. The van der Waals surface area contributed by atoms with Gasteiger partial charge in [-0.05, 0) is 45.3 Å². The van der Waals surface area contributed by atoms with Crippen molar-refractivity contribution in [3.05, 3.63) is 69.2 Å². The van der Waals surface area contributed by atoms with E-state index in [1.54, 1.807) is 0 Å². The number of aliphatic hydroxyl groups excluding tert-OH is 1. The Morgan fingerprint density at radius 2 is 2.03 bits per heavy atom. The van der Waals surface area contributed by atoms with E-state index < -0.39 is 12.1 Å². The summed E-state index contributed by atoms with van der Waals surface area (Å²) < 4.78 is 8.36. The van der Waals surface area contributed by atoms with Gasteiger partial charge in [0.25, 0.3) is 0 Å². The van der Waals surface area contributed by atoms with Crippen molar-refractivity contribution in [1.82, 2.24) is 30.2 Å². The summed E-state index contributed by atoms with van der Waals surface area (Å²) in [5.41, 5.74) is 2.78. The van der Waals surface area contributed by atoms with Crippen LogP contribution in [0.3, 0.4) is 0 Å². The first-order valence-electron chi connectivity index (χ1n) is 11.1. The molecule has 36 heavy (non-hydrogen) atoms. The summed E-state index contributed by atoms with van der Waals surface area (Å²) in [4.78, 5) is 16.1. The molecule has 0 bridgehead atoms. The molecular formula is C24H20BrClN6O4. The summed E-state index contributed by atoms with van der Waals surface area (Å²) >= 11 is 9.81. The molecule has 0 aliphatic carbocycles. The maximum absolute atomic E-state index is 11.9. The van der Waals surface area contributed by atoms with E-state index in [1.165, 1.54) is 4.57 Å². The lowest BCUT2D eigenvalue weighted by Crippen LogP contribution is -2.15. The lowest BCUT2D eigenvalue weighted by atomic mass is 10.0. The summed E-state index contributed by atoms with van der Waals surface area (Å²) in [5, 5.41) is 35.2. The Hall–Kier alpha value is -3.54. The number of hydrogen-bond acceptors (Lipinski definition) is 7.